The third-order valence-electron chi connectivity index (χ3n) is 3.38. The van der Waals surface area contributed by atoms with E-state index in [0.29, 0.717) is 30.9 Å². The summed E-state index contributed by atoms with van der Waals surface area (Å²) in [4.78, 5) is 0. The number of nitrogens with zero attached hydrogens (tertiary/aromatic N) is 1. The van der Waals surface area contributed by atoms with Crippen molar-refractivity contribution in [1.29, 1.82) is 0 Å². The zero-order valence-electron chi connectivity index (χ0n) is 11.6. The maximum atomic E-state index is 12.4. The molecule has 0 saturated heterocycles. The minimum atomic E-state index is -3.33. The zero-order chi connectivity index (χ0) is 14.6. The molecule has 1 aromatic carbocycles. The van der Waals surface area contributed by atoms with Gasteiger partial charge in [-0.15, -0.1) is 0 Å². The first-order valence-electron chi connectivity index (χ1n) is 6.51. The molecule has 1 aliphatic rings. The van der Waals surface area contributed by atoms with Gasteiger partial charge in [-0.3, -0.25) is 0 Å². The van der Waals surface area contributed by atoms with E-state index in [-0.39, 0.29) is 5.75 Å². The van der Waals surface area contributed by atoms with Crippen LogP contribution in [0, 0.1) is 0 Å². The quantitative estimate of drug-likeness (QED) is 0.658. The molecule has 0 aliphatic carbocycles. The Kier molecular flexibility index (Phi) is 4.80. The molecule has 0 saturated carbocycles. The first-order chi connectivity index (χ1) is 9.53. The van der Waals surface area contributed by atoms with Crippen LogP contribution in [0.15, 0.2) is 35.9 Å². The molecule has 5 nitrogen and oxygen atoms in total. The van der Waals surface area contributed by atoms with E-state index in [1.165, 1.54) is 4.31 Å². The molecule has 2 N–H and O–H groups in total. The van der Waals surface area contributed by atoms with Gasteiger partial charge < -0.3 is 10.5 Å². The second-order valence-electron chi connectivity index (χ2n) is 4.86. The first kappa shape index (κ1) is 15.0. The SMILES string of the molecule is COCC1=CCN(S(=O)(=O)Cc2ccccc2N)CC1. The molecular weight excluding hydrogens is 276 g/mol. The third-order valence-corrected chi connectivity index (χ3v) is 5.18. The van der Waals surface area contributed by atoms with Gasteiger partial charge in [0.15, 0.2) is 0 Å². The molecule has 1 aromatic rings. The van der Waals surface area contributed by atoms with Crippen molar-refractivity contribution >= 4 is 15.7 Å². The Labute approximate surface area is 120 Å². The van der Waals surface area contributed by atoms with Gasteiger partial charge in [0.05, 0.1) is 12.4 Å². The summed E-state index contributed by atoms with van der Waals surface area (Å²) in [6, 6.07) is 7.07. The summed E-state index contributed by atoms with van der Waals surface area (Å²) in [5, 5.41) is 0. The van der Waals surface area contributed by atoms with Crippen LogP contribution < -0.4 is 5.73 Å². The van der Waals surface area contributed by atoms with E-state index < -0.39 is 10.0 Å². The lowest BCUT2D eigenvalue weighted by Crippen LogP contribution is -2.36. The molecule has 110 valence electrons. The van der Waals surface area contributed by atoms with E-state index in [9.17, 15) is 8.42 Å². The molecule has 6 heteroatoms. The second-order valence-corrected chi connectivity index (χ2v) is 6.83. The molecule has 0 bridgehead atoms. The number of sulfonamides is 1. The van der Waals surface area contributed by atoms with Gasteiger partial charge in [0.2, 0.25) is 10.0 Å². The van der Waals surface area contributed by atoms with Gasteiger partial charge in [0.25, 0.3) is 0 Å². The van der Waals surface area contributed by atoms with Crippen LogP contribution in [0.2, 0.25) is 0 Å². The topological polar surface area (TPSA) is 72.6 Å². The van der Waals surface area contributed by atoms with E-state index in [4.69, 9.17) is 10.5 Å². The van der Waals surface area contributed by atoms with Gasteiger partial charge in [-0.2, -0.15) is 4.31 Å². The Bertz CT molecular complexity index is 596. The van der Waals surface area contributed by atoms with Crippen molar-refractivity contribution in [2.45, 2.75) is 12.2 Å². The minimum Gasteiger partial charge on any atom is -0.398 e. The molecule has 20 heavy (non-hydrogen) atoms. The number of rotatable bonds is 5. The molecule has 0 unspecified atom stereocenters. The number of benzene rings is 1. The van der Waals surface area contributed by atoms with Crippen molar-refractivity contribution < 1.29 is 13.2 Å². The fourth-order valence-electron chi connectivity index (χ4n) is 2.22. The van der Waals surface area contributed by atoms with Crippen LogP contribution in [0.5, 0.6) is 0 Å². The highest BCUT2D eigenvalue weighted by Crippen LogP contribution is 2.20. The lowest BCUT2D eigenvalue weighted by Gasteiger charge is -2.25. The predicted molar refractivity (Wildman–Crippen MR) is 79.6 cm³/mol. The highest BCUT2D eigenvalue weighted by Gasteiger charge is 2.24. The zero-order valence-corrected chi connectivity index (χ0v) is 12.4. The molecule has 2 rings (SSSR count). The number of para-hydroxylation sites is 1. The average Bonchev–Trinajstić information content (AvgIpc) is 2.42. The first-order valence-corrected chi connectivity index (χ1v) is 8.12. The van der Waals surface area contributed by atoms with Gasteiger partial charge in [0.1, 0.15) is 0 Å². The van der Waals surface area contributed by atoms with Gasteiger partial charge in [-0.05, 0) is 23.6 Å². The summed E-state index contributed by atoms with van der Waals surface area (Å²) in [6.45, 7) is 1.48. The highest BCUT2D eigenvalue weighted by molar-refractivity contribution is 7.88. The summed E-state index contributed by atoms with van der Waals surface area (Å²) >= 11 is 0. The van der Waals surface area contributed by atoms with Crippen LogP contribution in [0.4, 0.5) is 5.69 Å². The standard InChI is InChI=1S/C14H20N2O3S/c1-19-10-12-6-8-16(9-7-12)20(17,18)11-13-4-2-3-5-14(13)15/h2-6H,7-11,15H2,1H3. The number of hydrogen-bond acceptors (Lipinski definition) is 4. The van der Waals surface area contributed by atoms with E-state index in [1.54, 1.807) is 31.4 Å². The Morgan fingerprint density at radius 3 is 2.70 bits per heavy atom. The monoisotopic (exact) mass is 296 g/mol. The molecule has 1 aliphatic heterocycles. The molecule has 0 amide bonds. The summed E-state index contributed by atoms with van der Waals surface area (Å²) in [6.07, 6.45) is 2.65. The number of hydrogen-bond donors (Lipinski definition) is 1. The molecule has 0 atom stereocenters. The summed E-state index contributed by atoms with van der Waals surface area (Å²) in [5.74, 6) is -0.0485. The minimum absolute atomic E-state index is 0.0485. The Morgan fingerprint density at radius 2 is 2.10 bits per heavy atom. The van der Waals surface area contributed by atoms with Crippen molar-refractivity contribution in [3.05, 3.63) is 41.5 Å². The number of nitrogens with two attached hydrogens (primary N) is 1. The van der Waals surface area contributed by atoms with Gasteiger partial charge in [-0.1, -0.05) is 24.3 Å². The van der Waals surface area contributed by atoms with Crippen LogP contribution >= 0.6 is 0 Å². The summed E-state index contributed by atoms with van der Waals surface area (Å²) in [5.41, 5.74) is 8.13. The summed E-state index contributed by atoms with van der Waals surface area (Å²) < 4.78 is 31.3. The third kappa shape index (κ3) is 3.59. The van der Waals surface area contributed by atoms with Crippen molar-refractivity contribution in [2.24, 2.45) is 0 Å². The molecular formula is C14H20N2O3S. The summed E-state index contributed by atoms with van der Waals surface area (Å²) in [7, 11) is -1.69. The van der Waals surface area contributed by atoms with Crippen LogP contribution in [-0.2, 0) is 20.5 Å². The molecule has 0 spiro atoms. The average molecular weight is 296 g/mol. The van der Waals surface area contributed by atoms with Crippen molar-refractivity contribution in [2.75, 3.05) is 32.5 Å². The van der Waals surface area contributed by atoms with Crippen LogP contribution in [0.1, 0.15) is 12.0 Å². The number of ether oxygens (including phenoxy) is 1. The lowest BCUT2D eigenvalue weighted by atomic mass is 10.1. The largest absolute Gasteiger partial charge is 0.398 e. The Balaban J connectivity index is 2.07. The predicted octanol–water partition coefficient (Wildman–Crippen LogP) is 1.38. The van der Waals surface area contributed by atoms with Crippen molar-refractivity contribution in [1.82, 2.24) is 4.31 Å². The normalized spacial score (nSPS) is 16.9. The van der Waals surface area contributed by atoms with E-state index in [2.05, 4.69) is 0 Å². The second kappa shape index (κ2) is 6.39. The van der Waals surface area contributed by atoms with E-state index >= 15 is 0 Å². The van der Waals surface area contributed by atoms with E-state index in [1.807, 2.05) is 6.08 Å². The Hall–Kier alpha value is -1.37. The number of anilines is 1. The number of methoxy groups -OCH3 is 1. The fourth-order valence-corrected chi connectivity index (χ4v) is 3.72. The molecule has 0 radical (unpaired) electrons. The van der Waals surface area contributed by atoms with Crippen LogP contribution in [0.25, 0.3) is 0 Å². The van der Waals surface area contributed by atoms with E-state index in [0.717, 1.165) is 12.0 Å². The molecule has 0 aromatic heterocycles. The van der Waals surface area contributed by atoms with Crippen molar-refractivity contribution in [3.8, 4) is 0 Å². The van der Waals surface area contributed by atoms with Gasteiger partial charge in [0, 0.05) is 25.9 Å². The smallest absolute Gasteiger partial charge is 0.218 e. The Morgan fingerprint density at radius 1 is 1.35 bits per heavy atom. The van der Waals surface area contributed by atoms with Crippen LogP contribution in [-0.4, -0.2) is 39.5 Å². The van der Waals surface area contributed by atoms with Crippen molar-refractivity contribution in [3.63, 3.8) is 0 Å². The lowest BCUT2D eigenvalue weighted by molar-refractivity contribution is 0.219. The van der Waals surface area contributed by atoms with Gasteiger partial charge in [-0.25, -0.2) is 8.42 Å². The molecule has 0 fully saturated rings. The maximum absolute atomic E-state index is 12.4. The number of nitrogen functional groups attached to an aromatic ring is 1. The molecule has 1 heterocycles. The highest BCUT2D eigenvalue weighted by atomic mass is 32.2. The van der Waals surface area contributed by atoms with Gasteiger partial charge >= 0.3 is 0 Å². The maximum Gasteiger partial charge on any atom is 0.218 e. The van der Waals surface area contributed by atoms with Crippen LogP contribution in [0.3, 0.4) is 0 Å². The fraction of sp³-hybridized carbons (Fsp3) is 0.429.